The molecule has 3 atom stereocenters. The van der Waals surface area contributed by atoms with Gasteiger partial charge in [-0.1, -0.05) is 24.3 Å². The summed E-state index contributed by atoms with van der Waals surface area (Å²) in [5.74, 6) is -1.13. The number of hydrogen-bond acceptors (Lipinski definition) is 7. The van der Waals surface area contributed by atoms with Crippen molar-refractivity contribution in [1.82, 2.24) is 10.6 Å². The molecule has 2 aromatic carbocycles. The molecule has 33 heavy (non-hydrogen) atoms. The van der Waals surface area contributed by atoms with Crippen LogP contribution in [0, 0.1) is 0 Å². The fraction of sp³-hybridized carbons (Fsp3) is 0.348. The maximum absolute atomic E-state index is 12.4. The molecule has 0 bridgehead atoms. The van der Waals surface area contributed by atoms with E-state index in [9.17, 15) is 19.5 Å². The van der Waals surface area contributed by atoms with Crippen molar-refractivity contribution in [2.45, 2.75) is 31.0 Å². The zero-order valence-electron chi connectivity index (χ0n) is 18.6. The van der Waals surface area contributed by atoms with Crippen LogP contribution in [0.25, 0.3) is 0 Å². The Morgan fingerprint density at radius 3 is 1.64 bits per heavy atom. The van der Waals surface area contributed by atoms with Crippen molar-refractivity contribution >= 4 is 17.8 Å². The normalized spacial score (nSPS) is 13.3. The Bertz CT molecular complexity index is 933. The first kappa shape index (κ1) is 25.6. The lowest BCUT2D eigenvalue weighted by molar-refractivity contribution is -0.142. The van der Waals surface area contributed by atoms with E-state index in [2.05, 4.69) is 10.6 Å². The second kappa shape index (κ2) is 12.4. The van der Waals surface area contributed by atoms with Crippen molar-refractivity contribution in [1.29, 1.82) is 0 Å². The predicted molar refractivity (Wildman–Crippen MR) is 122 cm³/mol. The SMILES string of the molecule is COc1ccc(C[C@H](N)C(=O)NC[C@H](NC(=O)[C@@H](N)Cc2ccc(OC)cc2)C(=O)O)cc1. The van der Waals surface area contributed by atoms with E-state index in [0.717, 1.165) is 11.1 Å². The minimum Gasteiger partial charge on any atom is -0.497 e. The molecule has 2 amide bonds. The predicted octanol–water partition coefficient (Wildman–Crippen LogP) is -0.171. The molecule has 10 heteroatoms. The van der Waals surface area contributed by atoms with Crippen LogP contribution in [0.1, 0.15) is 11.1 Å². The summed E-state index contributed by atoms with van der Waals surface area (Å²) in [6.45, 7) is -0.328. The first-order chi connectivity index (χ1) is 15.7. The van der Waals surface area contributed by atoms with Crippen LogP contribution in [0.2, 0.25) is 0 Å². The fourth-order valence-corrected chi connectivity index (χ4v) is 3.03. The van der Waals surface area contributed by atoms with E-state index in [-0.39, 0.29) is 19.4 Å². The number of hydrogen-bond donors (Lipinski definition) is 5. The number of benzene rings is 2. The van der Waals surface area contributed by atoms with Crippen molar-refractivity contribution < 1.29 is 29.0 Å². The maximum atomic E-state index is 12.4. The summed E-state index contributed by atoms with van der Waals surface area (Å²) >= 11 is 0. The Morgan fingerprint density at radius 1 is 0.818 bits per heavy atom. The van der Waals surface area contributed by atoms with Crippen LogP contribution >= 0.6 is 0 Å². The molecule has 2 rings (SSSR count). The Balaban J connectivity index is 1.85. The van der Waals surface area contributed by atoms with Crippen LogP contribution < -0.4 is 31.6 Å². The molecule has 0 radical (unpaired) electrons. The van der Waals surface area contributed by atoms with Crippen LogP contribution in [-0.2, 0) is 27.2 Å². The maximum Gasteiger partial charge on any atom is 0.328 e. The van der Waals surface area contributed by atoms with E-state index in [1.807, 2.05) is 0 Å². The number of carbonyl (C=O) groups is 3. The van der Waals surface area contributed by atoms with Gasteiger partial charge in [0.15, 0.2) is 0 Å². The van der Waals surface area contributed by atoms with E-state index >= 15 is 0 Å². The van der Waals surface area contributed by atoms with Gasteiger partial charge in [0.05, 0.1) is 26.3 Å². The van der Waals surface area contributed by atoms with Crippen LogP contribution in [0.4, 0.5) is 0 Å². The fourth-order valence-electron chi connectivity index (χ4n) is 3.03. The first-order valence-electron chi connectivity index (χ1n) is 10.3. The molecule has 178 valence electrons. The average molecular weight is 459 g/mol. The summed E-state index contributed by atoms with van der Waals surface area (Å²) in [4.78, 5) is 36.3. The minimum absolute atomic E-state index is 0.210. The summed E-state index contributed by atoms with van der Waals surface area (Å²) in [6, 6.07) is 10.9. The van der Waals surface area contributed by atoms with E-state index in [1.54, 1.807) is 62.8 Å². The van der Waals surface area contributed by atoms with Crippen molar-refractivity contribution in [3.05, 3.63) is 59.7 Å². The highest BCUT2D eigenvalue weighted by Gasteiger charge is 2.25. The van der Waals surface area contributed by atoms with Crippen molar-refractivity contribution in [3.63, 3.8) is 0 Å². The van der Waals surface area contributed by atoms with Gasteiger partial charge < -0.3 is 36.7 Å². The Kier molecular flexibility index (Phi) is 9.64. The number of methoxy groups -OCH3 is 2. The number of carboxylic acids is 1. The molecule has 0 spiro atoms. The minimum atomic E-state index is -1.35. The summed E-state index contributed by atoms with van der Waals surface area (Å²) in [5, 5.41) is 14.3. The van der Waals surface area contributed by atoms with Crippen LogP contribution in [-0.4, -0.2) is 61.8 Å². The molecule has 0 fully saturated rings. The van der Waals surface area contributed by atoms with Gasteiger partial charge in [-0.15, -0.1) is 0 Å². The highest BCUT2D eigenvalue weighted by Crippen LogP contribution is 2.13. The summed E-state index contributed by atoms with van der Waals surface area (Å²) in [6.07, 6.45) is 0.466. The van der Waals surface area contributed by atoms with Crippen LogP contribution in [0.5, 0.6) is 11.5 Å². The molecule has 0 unspecified atom stereocenters. The smallest absolute Gasteiger partial charge is 0.328 e. The van der Waals surface area contributed by atoms with Gasteiger partial charge in [0.2, 0.25) is 11.8 Å². The van der Waals surface area contributed by atoms with Crippen LogP contribution in [0.3, 0.4) is 0 Å². The zero-order chi connectivity index (χ0) is 24.4. The number of carboxylic acid groups (broad SMARTS) is 1. The van der Waals surface area contributed by atoms with Gasteiger partial charge in [0, 0.05) is 6.54 Å². The number of carbonyl (C=O) groups excluding carboxylic acids is 2. The summed E-state index contributed by atoms with van der Waals surface area (Å²) in [5.41, 5.74) is 13.5. The first-order valence-corrected chi connectivity index (χ1v) is 10.3. The molecule has 0 heterocycles. The zero-order valence-corrected chi connectivity index (χ0v) is 18.6. The monoisotopic (exact) mass is 458 g/mol. The number of aliphatic carboxylic acids is 1. The quantitative estimate of drug-likeness (QED) is 0.292. The van der Waals surface area contributed by atoms with Gasteiger partial charge in [0.25, 0.3) is 0 Å². The third-order valence-corrected chi connectivity index (χ3v) is 5.00. The summed E-state index contributed by atoms with van der Waals surface area (Å²) in [7, 11) is 3.10. The van der Waals surface area contributed by atoms with E-state index in [0.29, 0.717) is 11.5 Å². The lowest BCUT2D eigenvalue weighted by Gasteiger charge is -2.19. The number of nitrogens with one attached hydrogen (secondary N) is 2. The van der Waals surface area contributed by atoms with Gasteiger partial charge in [0.1, 0.15) is 17.5 Å². The molecular formula is C23H30N4O6. The largest absolute Gasteiger partial charge is 0.497 e. The molecule has 0 saturated carbocycles. The van der Waals surface area contributed by atoms with Gasteiger partial charge in [-0.2, -0.15) is 0 Å². The van der Waals surface area contributed by atoms with Crippen molar-refractivity contribution in [2.75, 3.05) is 20.8 Å². The topological polar surface area (TPSA) is 166 Å². The third-order valence-electron chi connectivity index (χ3n) is 5.00. The second-order valence-corrected chi connectivity index (χ2v) is 7.46. The van der Waals surface area contributed by atoms with E-state index in [1.165, 1.54) is 0 Å². The lowest BCUT2D eigenvalue weighted by atomic mass is 10.1. The van der Waals surface area contributed by atoms with Crippen molar-refractivity contribution in [2.24, 2.45) is 11.5 Å². The second-order valence-electron chi connectivity index (χ2n) is 7.46. The Hall–Kier alpha value is -3.63. The molecule has 10 nitrogen and oxygen atoms in total. The molecule has 0 aliphatic rings. The van der Waals surface area contributed by atoms with Crippen molar-refractivity contribution in [3.8, 4) is 11.5 Å². The Labute approximate surface area is 192 Å². The standard InChI is InChI=1S/C23H30N4O6/c1-32-16-7-3-14(4-8-16)11-18(24)21(28)26-13-20(23(30)31)27-22(29)19(25)12-15-5-9-17(33-2)10-6-15/h3-10,18-20H,11-13,24-25H2,1-2H3,(H,26,28)(H,27,29)(H,30,31)/t18-,19-,20-/m0/s1. The number of rotatable bonds is 12. The molecule has 0 aromatic heterocycles. The summed E-state index contributed by atoms with van der Waals surface area (Å²) < 4.78 is 10.2. The number of ether oxygens (including phenoxy) is 2. The van der Waals surface area contributed by atoms with E-state index < -0.39 is 35.9 Å². The Morgan fingerprint density at radius 2 is 1.24 bits per heavy atom. The number of nitrogens with two attached hydrogens (primary N) is 2. The van der Waals surface area contributed by atoms with Crippen LogP contribution in [0.15, 0.2) is 48.5 Å². The molecule has 2 aromatic rings. The highest BCUT2D eigenvalue weighted by atomic mass is 16.5. The molecule has 0 saturated heterocycles. The van der Waals surface area contributed by atoms with Gasteiger partial charge in [-0.3, -0.25) is 9.59 Å². The molecule has 0 aliphatic carbocycles. The molecule has 7 N–H and O–H groups in total. The van der Waals surface area contributed by atoms with Gasteiger partial charge in [-0.25, -0.2) is 4.79 Å². The highest BCUT2D eigenvalue weighted by molar-refractivity contribution is 5.88. The lowest BCUT2D eigenvalue weighted by Crippen LogP contribution is -2.54. The average Bonchev–Trinajstić information content (AvgIpc) is 2.82. The molecular weight excluding hydrogens is 428 g/mol. The third kappa shape index (κ3) is 8.09. The molecule has 0 aliphatic heterocycles. The van der Waals surface area contributed by atoms with Gasteiger partial charge >= 0.3 is 5.97 Å². The number of amides is 2. The van der Waals surface area contributed by atoms with E-state index in [4.69, 9.17) is 20.9 Å². The van der Waals surface area contributed by atoms with Gasteiger partial charge in [-0.05, 0) is 48.2 Å².